The molecule has 0 amide bonds. The Hall–Kier alpha value is -2.29. The lowest BCUT2D eigenvalue weighted by molar-refractivity contribution is 0.103. The van der Waals surface area contributed by atoms with Crippen molar-refractivity contribution in [3.63, 3.8) is 0 Å². The molecular weight excluding hydrogens is 262 g/mol. The van der Waals surface area contributed by atoms with Gasteiger partial charge in [-0.1, -0.05) is 6.92 Å². The van der Waals surface area contributed by atoms with Gasteiger partial charge in [-0.25, -0.2) is 0 Å². The molecule has 2 aromatic rings. The highest BCUT2D eigenvalue weighted by atomic mass is 16.5. The molecule has 0 atom stereocenters. The first-order valence-corrected chi connectivity index (χ1v) is 7.17. The summed E-state index contributed by atoms with van der Waals surface area (Å²) in [6.45, 7) is 6.63. The number of rotatable bonds is 5. The predicted molar refractivity (Wildman–Crippen MR) is 86.0 cm³/mol. The van der Waals surface area contributed by atoms with Crippen molar-refractivity contribution in [3.05, 3.63) is 58.7 Å². The number of hydrogen-bond donors (Lipinski definition) is 1. The molecule has 0 radical (unpaired) electrons. The third-order valence-corrected chi connectivity index (χ3v) is 3.38. The van der Waals surface area contributed by atoms with Gasteiger partial charge in [0.2, 0.25) is 0 Å². The van der Waals surface area contributed by atoms with Gasteiger partial charge in [0.1, 0.15) is 5.75 Å². The lowest BCUT2D eigenvalue weighted by Crippen LogP contribution is -2.07. The number of anilines is 1. The molecule has 2 aromatic carbocycles. The molecule has 3 heteroatoms. The Morgan fingerprint density at radius 2 is 1.67 bits per heavy atom. The van der Waals surface area contributed by atoms with E-state index in [2.05, 4.69) is 6.92 Å². The molecule has 0 saturated heterocycles. The molecule has 0 aliphatic heterocycles. The molecule has 110 valence electrons. The molecule has 0 spiro atoms. The van der Waals surface area contributed by atoms with Crippen LogP contribution in [0.1, 0.15) is 40.4 Å². The number of hydrogen-bond acceptors (Lipinski definition) is 3. The third kappa shape index (κ3) is 3.43. The number of carbonyl (C=O) groups excluding carboxylic acids is 1. The largest absolute Gasteiger partial charge is 0.494 e. The third-order valence-electron chi connectivity index (χ3n) is 3.38. The standard InChI is InChI=1S/C18H21NO2/c1-4-9-21-16-10-12(2)17(13(3)11-16)18(20)14-5-7-15(19)8-6-14/h5-8,10-11H,4,9,19H2,1-3H3. The molecule has 21 heavy (non-hydrogen) atoms. The van der Waals surface area contributed by atoms with Gasteiger partial charge in [-0.15, -0.1) is 0 Å². The van der Waals surface area contributed by atoms with Gasteiger partial charge >= 0.3 is 0 Å². The zero-order valence-electron chi connectivity index (χ0n) is 12.8. The first-order valence-electron chi connectivity index (χ1n) is 7.17. The maximum atomic E-state index is 12.6. The molecule has 0 unspecified atom stereocenters. The van der Waals surface area contributed by atoms with Crippen LogP contribution in [-0.2, 0) is 0 Å². The Morgan fingerprint density at radius 3 is 2.19 bits per heavy atom. The maximum Gasteiger partial charge on any atom is 0.193 e. The van der Waals surface area contributed by atoms with E-state index < -0.39 is 0 Å². The van der Waals surface area contributed by atoms with Crippen LogP contribution >= 0.6 is 0 Å². The Morgan fingerprint density at radius 1 is 1.10 bits per heavy atom. The molecule has 0 fully saturated rings. The Labute approximate surface area is 125 Å². The average Bonchev–Trinajstić information content (AvgIpc) is 2.45. The van der Waals surface area contributed by atoms with Gasteiger partial charge in [0.15, 0.2) is 5.78 Å². The van der Waals surface area contributed by atoms with Crippen molar-refractivity contribution in [1.29, 1.82) is 0 Å². The van der Waals surface area contributed by atoms with Crippen LogP contribution in [0.2, 0.25) is 0 Å². The summed E-state index contributed by atoms with van der Waals surface area (Å²) in [4.78, 5) is 12.6. The summed E-state index contributed by atoms with van der Waals surface area (Å²) in [5.41, 5.74) is 9.58. The van der Waals surface area contributed by atoms with Crippen LogP contribution in [0.3, 0.4) is 0 Å². The van der Waals surface area contributed by atoms with E-state index in [0.717, 1.165) is 28.9 Å². The number of carbonyl (C=O) groups is 1. The lowest BCUT2D eigenvalue weighted by atomic mass is 9.94. The number of ether oxygens (including phenoxy) is 1. The van der Waals surface area contributed by atoms with Gasteiger partial charge in [-0.05, 0) is 67.8 Å². The fourth-order valence-corrected chi connectivity index (χ4v) is 2.36. The van der Waals surface area contributed by atoms with E-state index in [4.69, 9.17) is 10.5 Å². The van der Waals surface area contributed by atoms with Crippen LogP contribution in [-0.4, -0.2) is 12.4 Å². The Balaban J connectivity index is 2.35. The smallest absolute Gasteiger partial charge is 0.193 e. The monoisotopic (exact) mass is 283 g/mol. The molecule has 0 aromatic heterocycles. The van der Waals surface area contributed by atoms with Crippen LogP contribution < -0.4 is 10.5 Å². The van der Waals surface area contributed by atoms with Gasteiger partial charge in [0, 0.05) is 16.8 Å². The van der Waals surface area contributed by atoms with Crippen LogP contribution in [0.25, 0.3) is 0 Å². The molecule has 0 heterocycles. The minimum absolute atomic E-state index is 0.0204. The van der Waals surface area contributed by atoms with Crippen molar-refractivity contribution in [1.82, 2.24) is 0 Å². The second kappa shape index (κ2) is 6.44. The summed E-state index contributed by atoms with van der Waals surface area (Å²) in [5, 5.41) is 0. The average molecular weight is 283 g/mol. The van der Waals surface area contributed by atoms with E-state index in [9.17, 15) is 4.79 Å². The maximum absolute atomic E-state index is 12.6. The number of aryl methyl sites for hydroxylation is 2. The van der Waals surface area contributed by atoms with Crippen LogP contribution in [0, 0.1) is 13.8 Å². The van der Waals surface area contributed by atoms with Crippen molar-refractivity contribution in [3.8, 4) is 5.75 Å². The highest BCUT2D eigenvalue weighted by Gasteiger charge is 2.15. The SMILES string of the molecule is CCCOc1cc(C)c(C(=O)c2ccc(N)cc2)c(C)c1. The summed E-state index contributed by atoms with van der Waals surface area (Å²) in [5.74, 6) is 0.841. The van der Waals surface area contributed by atoms with Crippen molar-refractivity contribution in [2.45, 2.75) is 27.2 Å². The van der Waals surface area contributed by atoms with Gasteiger partial charge < -0.3 is 10.5 Å². The van der Waals surface area contributed by atoms with Crippen molar-refractivity contribution >= 4 is 11.5 Å². The zero-order valence-corrected chi connectivity index (χ0v) is 12.8. The van der Waals surface area contributed by atoms with Crippen LogP contribution in [0.15, 0.2) is 36.4 Å². The first-order chi connectivity index (χ1) is 10.0. The molecule has 0 bridgehead atoms. The summed E-state index contributed by atoms with van der Waals surface area (Å²) in [6, 6.07) is 10.9. The topological polar surface area (TPSA) is 52.3 Å². The van der Waals surface area contributed by atoms with E-state index in [-0.39, 0.29) is 5.78 Å². The minimum Gasteiger partial charge on any atom is -0.494 e. The van der Waals surface area contributed by atoms with E-state index in [1.807, 2.05) is 26.0 Å². The fraction of sp³-hybridized carbons (Fsp3) is 0.278. The first kappa shape index (κ1) is 15.1. The highest BCUT2D eigenvalue weighted by molar-refractivity contribution is 6.11. The van der Waals surface area contributed by atoms with Gasteiger partial charge in [0.05, 0.1) is 6.61 Å². The Kier molecular flexibility index (Phi) is 4.63. The van der Waals surface area contributed by atoms with E-state index in [1.165, 1.54) is 0 Å². The molecule has 2 rings (SSSR count). The minimum atomic E-state index is 0.0204. The molecular formula is C18H21NO2. The highest BCUT2D eigenvalue weighted by Crippen LogP contribution is 2.24. The van der Waals surface area contributed by atoms with Crippen LogP contribution in [0.5, 0.6) is 5.75 Å². The number of benzene rings is 2. The normalized spacial score (nSPS) is 10.4. The van der Waals surface area contributed by atoms with Gasteiger partial charge in [0.25, 0.3) is 0 Å². The molecule has 0 aliphatic rings. The van der Waals surface area contributed by atoms with Crippen molar-refractivity contribution in [2.24, 2.45) is 0 Å². The second-order valence-corrected chi connectivity index (χ2v) is 5.23. The number of nitrogen functional groups attached to an aromatic ring is 1. The van der Waals surface area contributed by atoms with E-state index >= 15 is 0 Å². The molecule has 0 saturated carbocycles. The summed E-state index contributed by atoms with van der Waals surface area (Å²) >= 11 is 0. The predicted octanol–water partition coefficient (Wildman–Crippen LogP) is 3.91. The molecule has 3 nitrogen and oxygen atoms in total. The second-order valence-electron chi connectivity index (χ2n) is 5.23. The van der Waals surface area contributed by atoms with Crippen molar-refractivity contribution in [2.75, 3.05) is 12.3 Å². The van der Waals surface area contributed by atoms with Gasteiger partial charge in [-0.2, -0.15) is 0 Å². The number of ketones is 1. The quantitative estimate of drug-likeness (QED) is 0.668. The Bertz CT molecular complexity index is 622. The van der Waals surface area contributed by atoms with E-state index in [1.54, 1.807) is 24.3 Å². The van der Waals surface area contributed by atoms with Crippen LogP contribution in [0.4, 0.5) is 5.69 Å². The molecule has 0 aliphatic carbocycles. The summed E-state index contributed by atoms with van der Waals surface area (Å²) in [7, 11) is 0. The zero-order chi connectivity index (χ0) is 15.4. The lowest BCUT2D eigenvalue weighted by Gasteiger charge is -2.13. The fourth-order valence-electron chi connectivity index (χ4n) is 2.36. The van der Waals surface area contributed by atoms with Gasteiger partial charge in [-0.3, -0.25) is 4.79 Å². The molecule has 2 N–H and O–H groups in total. The summed E-state index contributed by atoms with van der Waals surface area (Å²) < 4.78 is 5.65. The number of nitrogens with two attached hydrogens (primary N) is 1. The van der Waals surface area contributed by atoms with E-state index in [0.29, 0.717) is 17.9 Å². The van der Waals surface area contributed by atoms with Crippen molar-refractivity contribution < 1.29 is 9.53 Å². The summed E-state index contributed by atoms with van der Waals surface area (Å²) in [6.07, 6.45) is 0.963.